The fourth-order valence-corrected chi connectivity index (χ4v) is 3.55. The number of carbonyl (C=O) groups excluding carboxylic acids is 1. The molecule has 0 saturated carbocycles. The van der Waals surface area contributed by atoms with E-state index in [2.05, 4.69) is 32.8 Å². The highest BCUT2D eigenvalue weighted by molar-refractivity contribution is 6.01. The van der Waals surface area contributed by atoms with E-state index >= 15 is 0 Å². The van der Waals surface area contributed by atoms with E-state index in [-0.39, 0.29) is 11.9 Å². The third kappa shape index (κ3) is 2.91. The number of pyridine rings is 1. The smallest absolute Gasteiger partial charge is 0.255 e. The number of hydrogen-bond donors (Lipinski definition) is 2. The van der Waals surface area contributed by atoms with Gasteiger partial charge in [0.05, 0.1) is 17.3 Å². The lowest BCUT2D eigenvalue weighted by molar-refractivity contribution is 0.0931. The molecule has 2 aliphatic rings. The third-order valence-electron chi connectivity index (χ3n) is 4.90. The van der Waals surface area contributed by atoms with E-state index in [1.54, 1.807) is 10.7 Å². The Morgan fingerprint density at radius 1 is 1.26 bits per heavy atom. The van der Waals surface area contributed by atoms with E-state index in [1.165, 1.54) is 18.5 Å². The van der Waals surface area contributed by atoms with Crippen LogP contribution in [0.3, 0.4) is 0 Å². The zero-order valence-electron chi connectivity index (χ0n) is 13.3. The minimum atomic E-state index is -0.00882. The first-order valence-corrected chi connectivity index (χ1v) is 8.55. The Kier molecular flexibility index (Phi) is 3.91. The number of fused-ring (bicyclic) bond motifs is 1. The van der Waals surface area contributed by atoms with Gasteiger partial charge >= 0.3 is 0 Å². The monoisotopic (exact) mass is 313 g/mol. The minimum absolute atomic E-state index is 0.00882. The van der Waals surface area contributed by atoms with Gasteiger partial charge < -0.3 is 15.5 Å². The van der Waals surface area contributed by atoms with Crippen LogP contribution >= 0.6 is 0 Å². The molecule has 4 rings (SSSR count). The summed E-state index contributed by atoms with van der Waals surface area (Å²) in [6.45, 7) is 4.14. The quantitative estimate of drug-likeness (QED) is 0.899. The highest BCUT2D eigenvalue weighted by atomic mass is 16.1. The molecular weight excluding hydrogens is 290 g/mol. The molecule has 6 nitrogen and oxygen atoms in total. The summed E-state index contributed by atoms with van der Waals surface area (Å²) in [4.78, 5) is 15.0. The number of aromatic nitrogens is 2. The molecule has 0 spiro atoms. The Hall–Kier alpha value is -2.08. The molecule has 122 valence electrons. The van der Waals surface area contributed by atoms with E-state index in [1.807, 2.05) is 6.20 Å². The molecule has 0 aliphatic carbocycles. The average molecular weight is 313 g/mol. The molecule has 2 saturated heterocycles. The van der Waals surface area contributed by atoms with Gasteiger partial charge in [-0.05, 0) is 50.9 Å². The number of amides is 1. The standard InChI is InChI=1S/C17H23N5O/c23-17(20-13-3-6-18-7-4-13)15-12-19-22-10-5-14(11-16(15)22)21-8-1-2-9-21/h5,10-13,18H,1-4,6-9H2,(H,20,23). The van der Waals surface area contributed by atoms with Gasteiger partial charge in [0.2, 0.25) is 0 Å². The topological polar surface area (TPSA) is 61.7 Å². The van der Waals surface area contributed by atoms with Gasteiger partial charge in [0.1, 0.15) is 0 Å². The summed E-state index contributed by atoms with van der Waals surface area (Å²) in [6.07, 6.45) is 8.10. The van der Waals surface area contributed by atoms with Gasteiger partial charge in [0, 0.05) is 31.0 Å². The van der Waals surface area contributed by atoms with Crippen molar-refractivity contribution in [3.05, 3.63) is 30.1 Å². The number of rotatable bonds is 3. The molecular formula is C17H23N5O. The Morgan fingerprint density at radius 2 is 2.04 bits per heavy atom. The van der Waals surface area contributed by atoms with Crippen molar-refractivity contribution in [2.75, 3.05) is 31.1 Å². The van der Waals surface area contributed by atoms with Crippen LogP contribution in [0.25, 0.3) is 5.52 Å². The minimum Gasteiger partial charge on any atom is -0.371 e. The Bertz CT molecular complexity index is 698. The predicted molar refractivity (Wildman–Crippen MR) is 90.0 cm³/mol. The summed E-state index contributed by atoms with van der Waals surface area (Å²) < 4.78 is 1.79. The predicted octanol–water partition coefficient (Wildman–Crippen LogP) is 1.42. The summed E-state index contributed by atoms with van der Waals surface area (Å²) in [6, 6.07) is 4.44. The maximum atomic E-state index is 12.6. The lowest BCUT2D eigenvalue weighted by Gasteiger charge is -2.23. The van der Waals surface area contributed by atoms with Crippen LogP contribution in [0.5, 0.6) is 0 Å². The molecule has 23 heavy (non-hydrogen) atoms. The second kappa shape index (κ2) is 6.20. The van der Waals surface area contributed by atoms with Crippen LogP contribution in [-0.4, -0.2) is 47.7 Å². The highest BCUT2D eigenvalue weighted by Crippen LogP contribution is 2.23. The van der Waals surface area contributed by atoms with Gasteiger partial charge in [-0.15, -0.1) is 0 Å². The summed E-state index contributed by atoms with van der Waals surface area (Å²) in [5.74, 6) is -0.00882. The first-order valence-electron chi connectivity index (χ1n) is 8.55. The van der Waals surface area contributed by atoms with Crippen LogP contribution in [0, 0.1) is 0 Å². The maximum absolute atomic E-state index is 12.6. The van der Waals surface area contributed by atoms with Crippen molar-refractivity contribution < 1.29 is 4.79 Å². The van der Waals surface area contributed by atoms with Crippen molar-refractivity contribution in [1.29, 1.82) is 0 Å². The van der Waals surface area contributed by atoms with Gasteiger partial charge in [-0.3, -0.25) is 4.79 Å². The Morgan fingerprint density at radius 3 is 2.83 bits per heavy atom. The SMILES string of the molecule is O=C(NC1CCNCC1)c1cnn2ccc(N3CCCC3)cc12. The zero-order chi connectivity index (χ0) is 15.6. The first kappa shape index (κ1) is 14.5. The lowest BCUT2D eigenvalue weighted by atomic mass is 10.1. The number of anilines is 1. The van der Waals surface area contributed by atoms with Crippen LogP contribution < -0.4 is 15.5 Å². The molecule has 0 radical (unpaired) electrons. The van der Waals surface area contributed by atoms with Crippen LogP contribution in [0.4, 0.5) is 5.69 Å². The average Bonchev–Trinajstić information content (AvgIpc) is 3.25. The second-order valence-corrected chi connectivity index (χ2v) is 6.46. The fourth-order valence-electron chi connectivity index (χ4n) is 3.55. The Balaban J connectivity index is 1.58. The summed E-state index contributed by atoms with van der Waals surface area (Å²) in [7, 11) is 0. The maximum Gasteiger partial charge on any atom is 0.255 e. The highest BCUT2D eigenvalue weighted by Gasteiger charge is 2.20. The van der Waals surface area contributed by atoms with Crippen LogP contribution in [0.1, 0.15) is 36.0 Å². The number of nitrogens with one attached hydrogen (secondary N) is 2. The van der Waals surface area contributed by atoms with Crippen molar-refractivity contribution in [3.63, 3.8) is 0 Å². The van der Waals surface area contributed by atoms with Gasteiger partial charge in [-0.2, -0.15) is 5.10 Å². The van der Waals surface area contributed by atoms with Crippen molar-refractivity contribution in [2.24, 2.45) is 0 Å². The second-order valence-electron chi connectivity index (χ2n) is 6.46. The van der Waals surface area contributed by atoms with E-state index in [0.717, 1.165) is 44.5 Å². The number of carbonyl (C=O) groups is 1. The summed E-state index contributed by atoms with van der Waals surface area (Å²) in [5.41, 5.74) is 2.75. The van der Waals surface area contributed by atoms with Crippen LogP contribution in [-0.2, 0) is 0 Å². The Labute approximate surface area is 135 Å². The summed E-state index contributed by atoms with van der Waals surface area (Å²) in [5, 5.41) is 10.8. The molecule has 1 amide bonds. The molecule has 6 heteroatoms. The van der Waals surface area contributed by atoms with Crippen molar-refractivity contribution in [1.82, 2.24) is 20.2 Å². The van der Waals surface area contributed by atoms with Crippen molar-refractivity contribution >= 4 is 17.1 Å². The van der Waals surface area contributed by atoms with E-state index < -0.39 is 0 Å². The molecule has 2 N–H and O–H groups in total. The number of nitrogens with zero attached hydrogens (tertiary/aromatic N) is 3. The van der Waals surface area contributed by atoms with Crippen LogP contribution in [0.15, 0.2) is 24.5 Å². The third-order valence-corrected chi connectivity index (χ3v) is 4.90. The fraction of sp³-hybridized carbons (Fsp3) is 0.529. The molecule has 2 aliphatic heterocycles. The van der Waals surface area contributed by atoms with E-state index in [4.69, 9.17) is 0 Å². The molecule has 0 atom stereocenters. The largest absolute Gasteiger partial charge is 0.371 e. The van der Waals surface area contributed by atoms with E-state index in [9.17, 15) is 4.79 Å². The normalized spacial score (nSPS) is 19.4. The van der Waals surface area contributed by atoms with Gasteiger partial charge in [0.25, 0.3) is 5.91 Å². The zero-order valence-corrected chi connectivity index (χ0v) is 13.3. The van der Waals surface area contributed by atoms with Gasteiger partial charge in [-0.25, -0.2) is 4.52 Å². The van der Waals surface area contributed by atoms with Crippen molar-refractivity contribution in [2.45, 2.75) is 31.7 Å². The first-order chi connectivity index (χ1) is 11.3. The lowest BCUT2D eigenvalue weighted by Crippen LogP contribution is -2.42. The molecule has 4 heterocycles. The number of hydrogen-bond acceptors (Lipinski definition) is 4. The molecule has 2 aromatic heterocycles. The van der Waals surface area contributed by atoms with E-state index in [0.29, 0.717) is 5.56 Å². The molecule has 0 aromatic carbocycles. The van der Waals surface area contributed by atoms with Gasteiger partial charge in [0.15, 0.2) is 0 Å². The molecule has 0 bridgehead atoms. The number of piperidine rings is 1. The van der Waals surface area contributed by atoms with Gasteiger partial charge in [-0.1, -0.05) is 0 Å². The van der Waals surface area contributed by atoms with Crippen molar-refractivity contribution in [3.8, 4) is 0 Å². The summed E-state index contributed by atoms with van der Waals surface area (Å²) >= 11 is 0. The molecule has 2 fully saturated rings. The molecule has 0 unspecified atom stereocenters. The van der Waals surface area contributed by atoms with Crippen LogP contribution in [0.2, 0.25) is 0 Å². The molecule has 2 aromatic rings.